The maximum absolute atomic E-state index is 12.1. The summed E-state index contributed by atoms with van der Waals surface area (Å²) in [5.74, 6) is -0.142. The third-order valence-corrected chi connectivity index (χ3v) is 4.31. The molecule has 1 aliphatic carbocycles. The van der Waals surface area contributed by atoms with Gasteiger partial charge in [-0.25, -0.2) is 0 Å². The third kappa shape index (κ3) is 4.81. The number of nitrogens with zero attached hydrogens (tertiary/aromatic N) is 1. The lowest BCUT2D eigenvalue weighted by Gasteiger charge is -2.23. The van der Waals surface area contributed by atoms with Crippen molar-refractivity contribution in [3.05, 3.63) is 28.2 Å². The fourth-order valence-electron chi connectivity index (χ4n) is 2.07. The van der Waals surface area contributed by atoms with Crippen LogP contribution >= 0.6 is 15.9 Å². The zero-order chi connectivity index (χ0) is 16.3. The molecule has 2 amide bonds. The molecule has 0 aliphatic heterocycles. The normalized spacial score (nSPS) is 15.5. The average molecular weight is 368 g/mol. The van der Waals surface area contributed by atoms with Gasteiger partial charge >= 0.3 is 0 Å². The van der Waals surface area contributed by atoms with E-state index in [0.717, 1.165) is 28.6 Å². The number of carbonyl (C=O) groups is 2. The molecule has 2 N–H and O–H groups in total. The van der Waals surface area contributed by atoms with Crippen molar-refractivity contribution in [3.63, 3.8) is 0 Å². The highest BCUT2D eigenvalue weighted by Crippen LogP contribution is 2.20. The van der Waals surface area contributed by atoms with Crippen molar-refractivity contribution >= 4 is 33.4 Å². The SMILES string of the molecule is Cc1cc(Br)ccc1NC(=O)CN(C)C(C)C(=O)NC1CC1. The second-order valence-electron chi connectivity index (χ2n) is 5.88. The van der Waals surface area contributed by atoms with E-state index in [4.69, 9.17) is 0 Å². The smallest absolute Gasteiger partial charge is 0.238 e. The summed E-state index contributed by atoms with van der Waals surface area (Å²) in [6.07, 6.45) is 2.12. The molecule has 2 rings (SSSR count). The molecule has 22 heavy (non-hydrogen) atoms. The maximum atomic E-state index is 12.1. The standard InChI is InChI=1S/C16H22BrN3O2/c1-10-8-12(17)4-7-14(10)19-15(21)9-20(3)11(2)16(22)18-13-5-6-13/h4,7-8,11,13H,5-6,9H2,1-3H3,(H,18,22)(H,19,21). The van der Waals surface area contributed by atoms with E-state index in [-0.39, 0.29) is 24.4 Å². The van der Waals surface area contributed by atoms with Crippen LogP contribution in [0.15, 0.2) is 22.7 Å². The number of benzene rings is 1. The van der Waals surface area contributed by atoms with Crippen LogP contribution in [0.2, 0.25) is 0 Å². The summed E-state index contributed by atoms with van der Waals surface area (Å²) in [5, 5.41) is 5.84. The number of carbonyl (C=O) groups excluding carboxylic acids is 2. The number of halogens is 1. The second kappa shape index (κ2) is 7.24. The highest BCUT2D eigenvalue weighted by Gasteiger charge is 2.27. The van der Waals surface area contributed by atoms with Gasteiger partial charge in [0.25, 0.3) is 0 Å². The molecule has 0 bridgehead atoms. The Kier molecular flexibility index (Phi) is 5.58. The Labute approximate surface area is 139 Å². The Morgan fingerprint density at radius 3 is 2.68 bits per heavy atom. The van der Waals surface area contributed by atoms with E-state index in [9.17, 15) is 9.59 Å². The van der Waals surface area contributed by atoms with Crippen molar-refractivity contribution in [2.75, 3.05) is 18.9 Å². The molecule has 1 aliphatic rings. The van der Waals surface area contributed by atoms with E-state index >= 15 is 0 Å². The topological polar surface area (TPSA) is 61.4 Å². The van der Waals surface area contributed by atoms with Gasteiger partial charge in [0.05, 0.1) is 12.6 Å². The van der Waals surface area contributed by atoms with Gasteiger partial charge in [0, 0.05) is 16.2 Å². The molecule has 1 aromatic carbocycles. The molecule has 1 atom stereocenters. The Morgan fingerprint density at radius 1 is 1.41 bits per heavy atom. The number of anilines is 1. The number of hydrogen-bond acceptors (Lipinski definition) is 3. The first-order valence-electron chi connectivity index (χ1n) is 7.43. The van der Waals surface area contributed by atoms with Crippen molar-refractivity contribution in [3.8, 4) is 0 Å². The van der Waals surface area contributed by atoms with Crippen molar-refractivity contribution < 1.29 is 9.59 Å². The molecule has 5 nitrogen and oxygen atoms in total. The lowest BCUT2D eigenvalue weighted by Crippen LogP contribution is -2.46. The van der Waals surface area contributed by atoms with Crippen LogP contribution in [0.25, 0.3) is 0 Å². The number of nitrogens with one attached hydrogen (secondary N) is 2. The molecule has 1 unspecified atom stereocenters. The van der Waals surface area contributed by atoms with Gasteiger partial charge in [0.15, 0.2) is 0 Å². The first-order valence-corrected chi connectivity index (χ1v) is 8.22. The van der Waals surface area contributed by atoms with Crippen LogP contribution in [0, 0.1) is 6.92 Å². The summed E-state index contributed by atoms with van der Waals surface area (Å²) in [4.78, 5) is 25.9. The lowest BCUT2D eigenvalue weighted by molar-refractivity contribution is -0.126. The molecule has 1 saturated carbocycles. The monoisotopic (exact) mass is 367 g/mol. The Bertz CT molecular complexity index is 573. The largest absolute Gasteiger partial charge is 0.352 e. The van der Waals surface area contributed by atoms with Crippen LogP contribution in [0.3, 0.4) is 0 Å². The number of hydrogen-bond donors (Lipinski definition) is 2. The van der Waals surface area contributed by atoms with Gasteiger partial charge in [-0.1, -0.05) is 15.9 Å². The fourth-order valence-corrected chi connectivity index (χ4v) is 2.55. The quantitative estimate of drug-likeness (QED) is 0.810. The van der Waals surface area contributed by atoms with Crippen LogP contribution in [-0.4, -0.2) is 42.4 Å². The lowest BCUT2D eigenvalue weighted by atomic mass is 10.2. The summed E-state index contributed by atoms with van der Waals surface area (Å²) >= 11 is 3.40. The highest BCUT2D eigenvalue weighted by atomic mass is 79.9. The first kappa shape index (κ1) is 17.0. The van der Waals surface area contributed by atoms with Crippen molar-refractivity contribution in [2.24, 2.45) is 0 Å². The number of aryl methyl sites for hydroxylation is 1. The first-order chi connectivity index (χ1) is 10.4. The minimum Gasteiger partial charge on any atom is -0.352 e. The average Bonchev–Trinajstić information content (AvgIpc) is 3.24. The molecule has 0 spiro atoms. The minimum atomic E-state index is -0.322. The van der Waals surface area contributed by atoms with E-state index in [2.05, 4.69) is 26.6 Å². The third-order valence-electron chi connectivity index (χ3n) is 3.82. The maximum Gasteiger partial charge on any atom is 0.238 e. The molecular weight excluding hydrogens is 346 g/mol. The van der Waals surface area contributed by atoms with Gasteiger partial charge in [-0.15, -0.1) is 0 Å². The Hall–Kier alpha value is -1.40. The Morgan fingerprint density at radius 2 is 2.09 bits per heavy atom. The molecule has 1 aromatic rings. The summed E-state index contributed by atoms with van der Waals surface area (Å²) < 4.78 is 0.977. The zero-order valence-electron chi connectivity index (χ0n) is 13.1. The van der Waals surface area contributed by atoms with Gasteiger partial charge in [0.2, 0.25) is 11.8 Å². The van der Waals surface area contributed by atoms with Gasteiger partial charge in [-0.05, 0) is 57.5 Å². The van der Waals surface area contributed by atoms with Crippen LogP contribution in [0.4, 0.5) is 5.69 Å². The summed E-state index contributed by atoms with van der Waals surface area (Å²) in [5.41, 5.74) is 1.78. The molecule has 0 saturated heterocycles. The van der Waals surface area contributed by atoms with Crippen molar-refractivity contribution in [1.82, 2.24) is 10.2 Å². The van der Waals surface area contributed by atoms with Crippen molar-refractivity contribution in [2.45, 2.75) is 38.8 Å². The molecule has 6 heteroatoms. The predicted octanol–water partition coefficient (Wildman–Crippen LogP) is 2.29. The van der Waals surface area contributed by atoms with Gasteiger partial charge in [-0.3, -0.25) is 14.5 Å². The van der Waals surface area contributed by atoms with E-state index < -0.39 is 0 Å². The van der Waals surface area contributed by atoms with Gasteiger partial charge in [-0.2, -0.15) is 0 Å². The van der Waals surface area contributed by atoms with E-state index in [0.29, 0.717) is 6.04 Å². The summed E-state index contributed by atoms with van der Waals surface area (Å²) in [6, 6.07) is 5.71. The molecule has 0 radical (unpaired) electrons. The highest BCUT2D eigenvalue weighted by molar-refractivity contribution is 9.10. The van der Waals surface area contributed by atoms with Crippen LogP contribution < -0.4 is 10.6 Å². The minimum absolute atomic E-state index is 0.0161. The predicted molar refractivity (Wildman–Crippen MR) is 90.8 cm³/mol. The Balaban J connectivity index is 1.85. The zero-order valence-corrected chi connectivity index (χ0v) is 14.7. The van der Waals surface area contributed by atoms with Crippen LogP contribution in [0.1, 0.15) is 25.3 Å². The number of rotatable bonds is 6. The molecule has 1 fully saturated rings. The number of likely N-dealkylation sites (N-methyl/N-ethyl adjacent to an activating group) is 1. The second-order valence-corrected chi connectivity index (χ2v) is 6.80. The van der Waals surface area contributed by atoms with Gasteiger partial charge in [0.1, 0.15) is 0 Å². The van der Waals surface area contributed by atoms with E-state index in [1.54, 1.807) is 11.9 Å². The molecule has 0 aromatic heterocycles. The summed E-state index contributed by atoms with van der Waals surface area (Å²) in [6.45, 7) is 3.93. The van der Waals surface area contributed by atoms with E-state index in [1.165, 1.54) is 0 Å². The van der Waals surface area contributed by atoms with Gasteiger partial charge < -0.3 is 10.6 Å². The van der Waals surface area contributed by atoms with E-state index in [1.807, 2.05) is 32.0 Å². The molecule has 120 valence electrons. The number of amides is 2. The fraction of sp³-hybridized carbons (Fsp3) is 0.500. The summed E-state index contributed by atoms with van der Waals surface area (Å²) in [7, 11) is 1.78. The van der Waals surface area contributed by atoms with Crippen LogP contribution in [0.5, 0.6) is 0 Å². The van der Waals surface area contributed by atoms with Crippen molar-refractivity contribution in [1.29, 1.82) is 0 Å². The van der Waals surface area contributed by atoms with Crippen LogP contribution in [-0.2, 0) is 9.59 Å². The molecular formula is C16H22BrN3O2. The molecule has 0 heterocycles.